The number of nitrogens with zero attached hydrogens (tertiary/aromatic N) is 3. The zero-order valence-electron chi connectivity index (χ0n) is 15.9. The number of halogens is 1. The van der Waals surface area contributed by atoms with Crippen molar-refractivity contribution in [3.8, 4) is 28.3 Å². The van der Waals surface area contributed by atoms with E-state index in [9.17, 15) is 4.39 Å². The van der Waals surface area contributed by atoms with E-state index < -0.39 is 0 Å². The fourth-order valence-electron chi connectivity index (χ4n) is 3.32. The third kappa shape index (κ3) is 3.49. The molecule has 29 heavy (non-hydrogen) atoms. The van der Waals surface area contributed by atoms with Crippen LogP contribution in [0.3, 0.4) is 0 Å². The number of anilines is 1. The Morgan fingerprint density at radius 1 is 1.00 bits per heavy atom. The minimum absolute atomic E-state index is 0.262. The van der Waals surface area contributed by atoms with Crippen molar-refractivity contribution in [1.82, 2.24) is 15.0 Å². The summed E-state index contributed by atoms with van der Waals surface area (Å²) >= 11 is 0. The number of ether oxygens (including phenoxy) is 1. The Balaban J connectivity index is 1.73. The SMILES string of the molecule is COc1cc(-c2ccc(F)cc2)cc2c(NC3CC3)nc(-c3cccnc3)nc12. The molecule has 1 fully saturated rings. The molecule has 2 aromatic heterocycles. The van der Waals surface area contributed by atoms with Crippen molar-refractivity contribution in [3.63, 3.8) is 0 Å². The quantitative estimate of drug-likeness (QED) is 0.518. The van der Waals surface area contributed by atoms with Gasteiger partial charge in [-0.25, -0.2) is 14.4 Å². The zero-order chi connectivity index (χ0) is 19.8. The molecule has 1 saturated carbocycles. The van der Waals surface area contributed by atoms with Gasteiger partial charge in [0.15, 0.2) is 5.82 Å². The highest BCUT2D eigenvalue weighted by atomic mass is 19.1. The molecule has 144 valence electrons. The zero-order valence-corrected chi connectivity index (χ0v) is 15.9. The van der Waals surface area contributed by atoms with E-state index in [1.807, 2.05) is 24.3 Å². The van der Waals surface area contributed by atoms with Crippen molar-refractivity contribution in [2.75, 3.05) is 12.4 Å². The fraction of sp³-hybridized carbons (Fsp3) is 0.174. The van der Waals surface area contributed by atoms with E-state index in [2.05, 4.69) is 10.3 Å². The molecule has 0 atom stereocenters. The number of pyridine rings is 1. The second-order valence-electron chi connectivity index (χ2n) is 7.14. The van der Waals surface area contributed by atoms with Gasteiger partial charge in [0.2, 0.25) is 0 Å². The number of hydrogen-bond acceptors (Lipinski definition) is 5. The van der Waals surface area contributed by atoms with E-state index in [1.54, 1.807) is 31.6 Å². The van der Waals surface area contributed by atoms with Gasteiger partial charge in [0.25, 0.3) is 0 Å². The first-order chi connectivity index (χ1) is 14.2. The normalized spacial score (nSPS) is 13.4. The van der Waals surface area contributed by atoms with E-state index in [-0.39, 0.29) is 5.82 Å². The molecular weight excluding hydrogens is 367 g/mol. The largest absolute Gasteiger partial charge is 0.494 e. The number of benzene rings is 2. The summed E-state index contributed by atoms with van der Waals surface area (Å²) in [6.07, 6.45) is 5.73. The summed E-state index contributed by atoms with van der Waals surface area (Å²) in [6, 6.07) is 14.6. The van der Waals surface area contributed by atoms with E-state index in [1.165, 1.54) is 12.1 Å². The van der Waals surface area contributed by atoms with Crippen LogP contribution < -0.4 is 10.1 Å². The van der Waals surface area contributed by atoms with Crippen molar-refractivity contribution >= 4 is 16.7 Å². The number of nitrogens with one attached hydrogen (secondary N) is 1. The summed E-state index contributed by atoms with van der Waals surface area (Å²) in [5.74, 6) is 1.76. The topological polar surface area (TPSA) is 59.9 Å². The van der Waals surface area contributed by atoms with Gasteiger partial charge in [-0.1, -0.05) is 12.1 Å². The van der Waals surface area contributed by atoms with E-state index in [0.29, 0.717) is 17.6 Å². The lowest BCUT2D eigenvalue weighted by molar-refractivity contribution is 0.419. The molecule has 0 radical (unpaired) electrons. The standard InChI is InChI=1S/C23H19FN4O/c1-29-20-12-16(14-4-6-17(24)7-5-14)11-19-21(20)27-22(15-3-2-10-25-13-15)28-23(19)26-18-8-9-18/h2-7,10-13,18H,8-9H2,1H3,(H,26,27,28). The Labute approximate surface area is 167 Å². The second kappa shape index (κ2) is 7.13. The number of aromatic nitrogens is 3. The lowest BCUT2D eigenvalue weighted by atomic mass is 10.0. The fourth-order valence-corrected chi connectivity index (χ4v) is 3.32. The van der Waals surface area contributed by atoms with Crippen LogP contribution in [-0.4, -0.2) is 28.1 Å². The van der Waals surface area contributed by atoms with Crippen LogP contribution in [0.2, 0.25) is 0 Å². The number of hydrogen-bond donors (Lipinski definition) is 1. The third-order valence-corrected chi connectivity index (χ3v) is 5.00. The van der Waals surface area contributed by atoms with Crippen molar-refractivity contribution < 1.29 is 9.13 Å². The first-order valence-corrected chi connectivity index (χ1v) is 9.54. The molecule has 0 saturated heterocycles. The van der Waals surface area contributed by atoms with Crippen LogP contribution >= 0.6 is 0 Å². The molecule has 0 unspecified atom stereocenters. The summed E-state index contributed by atoms with van der Waals surface area (Å²) in [7, 11) is 1.63. The summed E-state index contributed by atoms with van der Waals surface area (Å²) in [6.45, 7) is 0. The maximum atomic E-state index is 13.4. The molecule has 0 amide bonds. The molecule has 2 aromatic carbocycles. The van der Waals surface area contributed by atoms with Crippen LogP contribution in [-0.2, 0) is 0 Å². The van der Waals surface area contributed by atoms with E-state index in [0.717, 1.165) is 46.3 Å². The van der Waals surface area contributed by atoms with Gasteiger partial charge in [0, 0.05) is 29.4 Å². The van der Waals surface area contributed by atoms with Crippen molar-refractivity contribution in [3.05, 3.63) is 66.7 Å². The first-order valence-electron chi connectivity index (χ1n) is 9.54. The van der Waals surface area contributed by atoms with Gasteiger partial charge in [0.05, 0.1) is 7.11 Å². The molecule has 1 aliphatic carbocycles. The highest BCUT2D eigenvalue weighted by Gasteiger charge is 2.24. The van der Waals surface area contributed by atoms with Crippen LogP contribution in [0.5, 0.6) is 5.75 Å². The van der Waals surface area contributed by atoms with Crippen LogP contribution in [0.15, 0.2) is 60.9 Å². The van der Waals surface area contributed by atoms with Gasteiger partial charge < -0.3 is 10.1 Å². The van der Waals surface area contributed by atoms with Crippen molar-refractivity contribution in [1.29, 1.82) is 0 Å². The average Bonchev–Trinajstić information content (AvgIpc) is 3.58. The van der Waals surface area contributed by atoms with Gasteiger partial charge in [-0.05, 0) is 60.4 Å². The Morgan fingerprint density at radius 3 is 2.52 bits per heavy atom. The average molecular weight is 386 g/mol. The van der Waals surface area contributed by atoms with E-state index in [4.69, 9.17) is 14.7 Å². The summed E-state index contributed by atoms with van der Waals surface area (Å²) in [5, 5.41) is 4.40. The minimum Gasteiger partial charge on any atom is -0.494 e. The monoisotopic (exact) mass is 386 g/mol. The highest BCUT2D eigenvalue weighted by molar-refractivity contribution is 5.98. The van der Waals surface area contributed by atoms with Gasteiger partial charge >= 0.3 is 0 Å². The van der Waals surface area contributed by atoms with Crippen LogP contribution in [0.25, 0.3) is 33.4 Å². The van der Waals surface area contributed by atoms with Crippen LogP contribution in [0.4, 0.5) is 10.2 Å². The molecule has 2 heterocycles. The molecule has 0 aliphatic heterocycles. The maximum absolute atomic E-state index is 13.4. The molecular formula is C23H19FN4O. The van der Waals surface area contributed by atoms with Crippen LogP contribution in [0, 0.1) is 5.82 Å². The molecule has 1 N–H and O–H groups in total. The predicted molar refractivity (Wildman–Crippen MR) is 111 cm³/mol. The van der Waals surface area contributed by atoms with Gasteiger partial charge in [-0.15, -0.1) is 0 Å². The highest BCUT2D eigenvalue weighted by Crippen LogP contribution is 2.37. The summed E-state index contributed by atoms with van der Waals surface area (Å²) in [5.41, 5.74) is 3.40. The number of methoxy groups -OCH3 is 1. The lowest BCUT2D eigenvalue weighted by Gasteiger charge is -2.14. The Kier molecular flexibility index (Phi) is 4.31. The molecule has 0 spiro atoms. The minimum atomic E-state index is -0.262. The molecule has 0 bridgehead atoms. The van der Waals surface area contributed by atoms with Gasteiger partial charge in [-0.3, -0.25) is 4.98 Å². The summed E-state index contributed by atoms with van der Waals surface area (Å²) in [4.78, 5) is 13.8. The number of rotatable bonds is 5. The third-order valence-electron chi connectivity index (χ3n) is 5.00. The molecule has 6 heteroatoms. The smallest absolute Gasteiger partial charge is 0.163 e. The molecule has 1 aliphatic rings. The van der Waals surface area contributed by atoms with Crippen LogP contribution in [0.1, 0.15) is 12.8 Å². The van der Waals surface area contributed by atoms with Gasteiger partial charge in [0.1, 0.15) is 22.9 Å². The molecule has 4 aromatic rings. The predicted octanol–water partition coefficient (Wildman–Crippen LogP) is 5.08. The second-order valence-corrected chi connectivity index (χ2v) is 7.14. The summed E-state index contributed by atoms with van der Waals surface area (Å²) < 4.78 is 19.0. The Hall–Kier alpha value is -3.54. The Bertz CT molecular complexity index is 1180. The molecule has 5 nitrogen and oxygen atoms in total. The first kappa shape index (κ1) is 17.6. The van der Waals surface area contributed by atoms with Crippen molar-refractivity contribution in [2.24, 2.45) is 0 Å². The number of fused-ring (bicyclic) bond motifs is 1. The van der Waals surface area contributed by atoms with Gasteiger partial charge in [-0.2, -0.15) is 0 Å². The lowest BCUT2D eigenvalue weighted by Crippen LogP contribution is -2.06. The van der Waals surface area contributed by atoms with Crippen molar-refractivity contribution in [2.45, 2.75) is 18.9 Å². The molecule has 5 rings (SSSR count). The van der Waals surface area contributed by atoms with E-state index >= 15 is 0 Å². The maximum Gasteiger partial charge on any atom is 0.163 e. The Morgan fingerprint density at radius 2 is 1.83 bits per heavy atom.